The first-order valence-electron chi connectivity index (χ1n) is 18.1. The number of imide groups is 2. The molecule has 3 fully saturated rings. The average Bonchev–Trinajstić information content (AvgIpc) is 3.57. The van der Waals surface area contributed by atoms with Crippen LogP contribution in [0.2, 0.25) is 10.0 Å². The molecular formula is C41H36BCl2N3O9. The number of phenols is 1. The number of carbonyl (C=O) groups is 4. The molecule has 4 aromatic carbocycles. The van der Waals surface area contributed by atoms with Crippen LogP contribution in [0.3, 0.4) is 0 Å². The van der Waals surface area contributed by atoms with E-state index in [4.69, 9.17) is 32.7 Å². The molecule has 2 aliphatic carbocycles. The van der Waals surface area contributed by atoms with Crippen LogP contribution in [0.4, 0.5) is 11.4 Å². The van der Waals surface area contributed by atoms with Crippen LogP contribution in [-0.2, 0) is 24.6 Å². The molecule has 4 aromatic rings. The zero-order valence-electron chi connectivity index (χ0n) is 30.2. The van der Waals surface area contributed by atoms with Crippen LogP contribution in [0.15, 0.2) is 96.6 Å². The maximum Gasteiger partial charge on any atom is 0.488 e. The fourth-order valence-corrected chi connectivity index (χ4v) is 9.76. The SMILES string of the molecule is CCOc1cccc([C@H]2C3=CC[C@@H]4C(=O)N(c5cccc(B(O)O)c5)C(=O)[C@@H]4[C@@H]3C[C@H]3C(=O)N(Nc4ccc(Cl)cc4Cl)C(=O)[C@@]23c2ccc(OC)cc2)c1O. The van der Waals surface area contributed by atoms with Crippen LogP contribution >= 0.6 is 23.2 Å². The van der Waals surface area contributed by atoms with Gasteiger partial charge in [-0.15, -0.1) is 0 Å². The van der Waals surface area contributed by atoms with Gasteiger partial charge in [-0.1, -0.05) is 71.2 Å². The number of hydrogen-bond acceptors (Lipinski definition) is 10. The van der Waals surface area contributed by atoms with E-state index < -0.39 is 65.8 Å². The van der Waals surface area contributed by atoms with Gasteiger partial charge < -0.3 is 24.6 Å². The summed E-state index contributed by atoms with van der Waals surface area (Å²) in [5.41, 5.74) is 3.20. The lowest BCUT2D eigenvalue weighted by Gasteiger charge is -2.50. The largest absolute Gasteiger partial charge is 0.504 e. The van der Waals surface area contributed by atoms with Gasteiger partial charge in [-0.05, 0) is 85.2 Å². The van der Waals surface area contributed by atoms with Crippen molar-refractivity contribution in [2.75, 3.05) is 24.0 Å². The van der Waals surface area contributed by atoms with Crippen LogP contribution in [0.1, 0.15) is 36.8 Å². The first-order chi connectivity index (χ1) is 26.9. The predicted octanol–water partition coefficient (Wildman–Crippen LogP) is 4.98. The van der Waals surface area contributed by atoms with Gasteiger partial charge >= 0.3 is 7.12 Å². The molecule has 2 saturated heterocycles. The standard InChI is InChI=1S/C41H36BCl2N3O9/c1-3-56-33-9-5-8-28(36(33)48)35-26-15-16-27-34(39(51)46(37(27)49)24-7-4-6-22(18-24)42(53)54)29(26)20-30-38(50)47(45-32-17-12-23(43)19-31(32)44)40(52)41(30,35)21-10-13-25(55-2)14-11-21/h4-15,17-19,27,29-30,34-35,45,48,53-54H,3,16,20H2,1-2H3/t27-,29+,30-,34-,35+,41+/m0/s1. The van der Waals surface area contributed by atoms with Crippen molar-refractivity contribution in [2.45, 2.75) is 31.1 Å². The summed E-state index contributed by atoms with van der Waals surface area (Å²) in [6.45, 7) is 2.01. The molecule has 6 atom stereocenters. The second-order valence-corrected chi connectivity index (χ2v) is 15.2. The van der Waals surface area contributed by atoms with E-state index in [1.54, 1.807) is 67.6 Å². The fraction of sp³-hybridized carbons (Fsp3) is 0.268. The number of amides is 4. The van der Waals surface area contributed by atoms with Gasteiger partial charge in [-0.3, -0.25) is 29.5 Å². The van der Waals surface area contributed by atoms with Gasteiger partial charge in [0.05, 0.1) is 53.3 Å². The molecule has 2 heterocycles. The van der Waals surface area contributed by atoms with Gasteiger partial charge in [0, 0.05) is 16.5 Å². The summed E-state index contributed by atoms with van der Waals surface area (Å²) in [5.74, 6) is -6.34. The summed E-state index contributed by atoms with van der Waals surface area (Å²) in [6, 6.07) is 22.4. The molecular weight excluding hydrogens is 760 g/mol. The van der Waals surface area contributed by atoms with Gasteiger partial charge in [-0.2, -0.15) is 5.01 Å². The lowest BCUT2D eigenvalue weighted by molar-refractivity contribution is -0.138. The third kappa shape index (κ3) is 5.67. The molecule has 0 radical (unpaired) electrons. The Bertz CT molecular complexity index is 2320. The maximum atomic E-state index is 15.5. The summed E-state index contributed by atoms with van der Waals surface area (Å²) in [6.07, 6.45) is 2.01. The number of phenolic OH excluding ortho intramolecular Hbond substituents is 1. The highest BCUT2D eigenvalue weighted by atomic mass is 35.5. The lowest BCUT2D eigenvalue weighted by atomic mass is 9.49. The number of allylic oxidation sites excluding steroid dienone is 2. The number of rotatable bonds is 9. The topological polar surface area (TPSA) is 166 Å². The molecule has 2 aliphatic heterocycles. The minimum absolute atomic E-state index is 0.000793. The number of halogens is 2. The number of anilines is 2. The minimum atomic E-state index is -1.83. The number of fused-ring (bicyclic) bond motifs is 4. The third-order valence-corrected chi connectivity index (χ3v) is 12.2. The van der Waals surface area contributed by atoms with Crippen molar-refractivity contribution in [3.05, 3.63) is 118 Å². The van der Waals surface area contributed by atoms with Crippen LogP contribution in [0.25, 0.3) is 0 Å². The molecule has 0 spiro atoms. The molecule has 8 rings (SSSR count). The Kier molecular flexibility index (Phi) is 9.60. The zero-order valence-corrected chi connectivity index (χ0v) is 31.7. The van der Waals surface area contributed by atoms with Crippen molar-refractivity contribution in [1.82, 2.24) is 5.01 Å². The number of carbonyl (C=O) groups excluding carboxylic acids is 4. The number of aromatic hydroxyl groups is 1. The van der Waals surface area contributed by atoms with Gasteiger partial charge in [-0.25, -0.2) is 0 Å². The number of ether oxygens (including phenoxy) is 2. The van der Waals surface area contributed by atoms with Crippen molar-refractivity contribution in [2.24, 2.45) is 23.7 Å². The monoisotopic (exact) mass is 795 g/mol. The van der Waals surface area contributed by atoms with Gasteiger partial charge in [0.2, 0.25) is 11.8 Å². The van der Waals surface area contributed by atoms with Crippen molar-refractivity contribution < 1.29 is 43.8 Å². The van der Waals surface area contributed by atoms with E-state index in [1.165, 1.54) is 31.4 Å². The van der Waals surface area contributed by atoms with E-state index in [9.17, 15) is 29.5 Å². The van der Waals surface area contributed by atoms with Gasteiger partial charge in [0.1, 0.15) is 5.75 Å². The highest BCUT2D eigenvalue weighted by Gasteiger charge is 2.70. The van der Waals surface area contributed by atoms with E-state index >= 15 is 4.79 Å². The highest BCUT2D eigenvalue weighted by molar-refractivity contribution is 6.58. The van der Waals surface area contributed by atoms with E-state index in [1.807, 2.05) is 6.08 Å². The third-order valence-electron chi connectivity index (χ3n) is 11.6. The summed E-state index contributed by atoms with van der Waals surface area (Å²) in [4.78, 5) is 60.3. The van der Waals surface area contributed by atoms with Crippen LogP contribution < -0.4 is 25.3 Å². The first-order valence-corrected chi connectivity index (χ1v) is 18.9. The number of nitrogens with zero attached hydrogens (tertiary/aromatic N) is 2. The predicted molar refractivity (Wildman–Crippen MR) is 209 cm³/mol. The Labute approximate surface area is 332 Å². The molecule has 4 N–H and O–H groups in total. The Balaban J connectivity index is 1.34. The van der Waals surface area contributed by atoms with E-state index in [-0.39, 0.29) is 52.8 Å². The normalized spacial score (nSPS) is 25.4. The fourth-order valence-electron chi connectivity index (χ4n) is 9.31. The summed E-state index contributed by atoms with van der Waals surface area (Å²) in [5, 5.41) is 33.2. The first kappa shape index (κ1) is 37.6. The van der Waals surface area contributed by atoms with Crippen LogP contribution in [-0.4, -0.2) is 64.6 Å². The van der Waals surface area contributed by atoms with E-state index in [2.05, 4.69) is 5.43 Å². The van der Waals surface area contributed by atoms with Crippen molar-refractivity contribution in [3.8, 4) is 17.2 Å². The molecule has 1 saturated carbocycles. The molecule has 286 valence electrons. The summed E-state index contributed by atoms with van der Waals surface area (Å²) < 4.78 is 11.3. The molecule has 12 nitrogen and oxygen atoms in total. The number of nitrogens with one attached hydrogen (secondary N) is 1. The van der Waals surface area contributed by atoms with Gasteiger partial charge in [0.25, 0.3) is 11.8 Å². The number of hydrogen-bond donors (Lipinski definition) is 4. The van der Waals surface area contributed by atoms with Crippen molar-refractivity contribution in [1.29, 1.82) is 0 Å². The van der Waals surface area contributed by atoms with Crippen molar-refractivity contribution >= 4 is 70.8 Å². The van der Waals surface area contributed by atoms with Gasteiger partial charge in [0.15, 0.2) is 11.5 Å². The highest BCUT2D eigenvalue weighted by Crippen LogP contribution is 2.65. The molecule has 4 aliphatic rings. The van der Waals surface area contributed by atoms with E-state index in [0.717, 1.165) is 9.91 Å². The Morgan fingerprint density at radius 3 is 2.36 bits per heavy atom. The molecule has 0 unspecified atom stereocenters. The average molecular weight is 796 g/mol. The zero-order chi connectivity index (χ0) is 39.6. The quantitative estimate of drug-likeness (QED) is 0.103. The molecule has 0 bridgehead atoms. The number of hydrazine groups is 1. The molecule has 56 heavy (non-hydrogen) atoms. The maximum absolute atomic E-state index is 15.5. The second kappa shape index (κ2) is 14.3. The Morgan fingerprint density at radius 1 is 0.911 bits per heavy atom. The number of para-hydroxylation sites is 1. The smallest absolute Gasteiger partial charge is 0.488 e. The Morgan fingerprint density at radius 2 is 1.66 bits per heavy atom. The Hall–Kier alpha value is -5.34. The summed E-state index contributed by atoms with van der Waals surface area (Å²) >= 11 is 12.7. The lowest BCUT2D eigenvalue weighted by Crippen LogP contribution is -2.53. The summed E-state index contributed by atoms with van der Waals surface area (Å²) in [7, 11) is -0.310. The van der Waals surface area contributed by atoms with E-state index in [0.29, 0.717) is 27.5 Å². The van der Waals surface area contributed by atoms with Crippen LogP contribution in [0, 0.1) is 23.7 Å². The number of methoxy groups -OCH3 is 1. The second-order valence-electron chi connectivity index (χ2n) is 14.3. The number of benzene rings is 4. The molecule has 4 amide bonds. The molecule has 0 aromatic heterocycles. The van der Waals surface area contributed by atoms with Crippen molar-refractivity contribution in [3.63, 3.8) is 0 Å². The minimum Gasteiger partial charge on any atom is -0.504 e. The van der Waals surface area contributed by atoms with Crippen LogP contribution in [0.5, 0.6) is 17.2 Å². The molecule has 15 heteroatoms.